The smallest absolute Gasteiger partial charge is 0.407 e. The topological polar surface area (TPSA) is 105 Å². The zero-order valence-corrected chi connectivity index (χ0v) is 19.7. The molecule has 2 atom stereocenters. The molecule has 1 aliphatic carbocycles. The lowest BCUT2D eigenvalue weighted by molar-refractivity contribution is -0.140. The average Bonchev–Trinajstić information content (AvgIpc) is 3.16. The summed E-state index contributed by atoms with van der Waals surface area (Å²) in [6, 6.07) is 22.0. The molecule has 0 aromatic heterocycles. The minimum absolute atomic E-state index is 0.0705. The van der Waals surface area contributed by atoms with Gasteiger partial charge in [0.15, 0.2) is 0 Å². The van der Waals surface area contributed by atoms with E-state index in [0.29, 0.717) is 0 Å². The summed E-state index contributed by atoms with van der Waals surface area (Å²) in [5.74, 6) is -1.93. The van der Waals surface area contributed by atoms with Crippen molar-refractivity contribution in [2.24, 2.45) is 0 Å². The number of aryl methyl sites for hydroxylation is 1. The molecule has 7 nitrogen and oxygen atoms in total. The number of rotatable bonds is 8. The minimum atomic E-state index is -1.27. The van der Waals surface area contributed by atoms with E-state index in [2.05, 4.69) is 10.6 Å². The van der Waals surface area contributed by atoms with Gasteiger partial charge >= 0.3 is 12.1 Å². The van der Waals surface area contributed by atoms with Crippen LogP contribution >= 0.6 is 0 Å². The molecule has 3 N–H and O–H groups in total. The van der Waals surface area contributed by atoms with Gasteiger partial charge in [0.05, 0.1) is 12.5 Å². The molecular formula is C28H28N2O5. The van der Waals surface area contributed by atoms with Crippen LogP contribution in [0.4, 0.5) is 4.79 Å². The second-order valence-electron chi connectivity index (χ2n) is 8.76. The van der Waals surface area contributed by atoms with E-state index in [-0.39, 0.29) is 18.6 Å². The van der Waals surface area contributed by atoms with Crippen molar-refractivity contribution in [1.29, 1.82) is 0 Å². The van der Waals surface area contributed by atoms with Crippen molar-refractivity contribution in [2.45, 2.75) is 38.3 Å². The number of benzene rings is 3. The quantitative estimate of drug-likeness (QED) is 0.446. The van der Waals surface area contributed by atoms with Crippen molar-refractivity contribution in [1.82, 2.24) is 10.6 Å². The number of carboxylic acid groups (broad SMARTS) is 1. The summed E-state index contributed by atoms with van der Waals surface area (Å²) >= 11 is 0. The van der Waals surface area contributed by atoms with E-state index in [9.17, 15) is 19.5 Å². The molecule has 0 bridgehead atoms. The molecule has 0 aliphatic heterocycles. The van der Waals surface area contributed by atoms with Crippen molar-refractivity contribution >= 4 is 18.0 Å². The summed E-state index contributed by atoms with van der Waals surface area (Å²) in [4.78, 5) is 36.8. The number of hydrogen-bond donors (Lipinski definition) is 3. The number of hydrogen-bond acceptors (Lipinski definition) is 4. The van der Waals surface area contributed by atoms with Crippen LogP contribution in [0.1, 0.15) is 47.6 Å². The van der Waals surface area contributed by atoms with Crippen molar-refractivity contribution in [3.05, 3.63) is 95.1 Å². The van der Waals surface area contributed by atoms with Crippen LogP contribution in [0.15, 0.2) is 72.8 Å². The zero-order chi connectivity index (χ0) is 24.9. The van der Waals surface area contributed by atoms with Crippen LogP contribution in [0.25, 0.3) is 11.1 Å². The van der Waals surface area contributed by atoms with Crippen molar-refractivity contribution < 1.29 is 24.2 Å². The number of ether oxygens (including phenoxy) is 1. The maximum absolute atomic E-state index is 12.8. The van der Waals surface area contributed by atoms with Gasteiger partial charge in [0.1, 0.15) is 12.6 Å². The third-order valence-corrected chi connectivity index (χ3v) is 6.27. The lowest BCUT2D eigenvalue weighted by Gasteiger charge is -2.21. The molecule has 7 heteroatoms. The first-order valence-electron chi connectivity index (χ1n) is 11.5. The first kappa shape index (κ1) is 24.0. The average molecular weight is 473 g/mol. The summed E-state index contributed by atoms with van der Waals surface area (Å²) in [5, 5.41) is 14.5. The number of aliphatic carboxylic acids is 1. The Balaban J connectivity index is 1.40. The van der Waals surface area contributed by atoms with Gasteiger partial charge in [-0.25, -0.2) is 4.79 Å². The number of alkyl carbamates (subject to hydrolysis) is 1. The number of carbonyl (C=O) groups excluding carboxylic acids is 2. The number of fused-ring (bicyclic) bond motifs is 3. The fourth-order valence-electron chi connectivity index (χ4n) is 4.42. The maximum Gasteiger partial charge on any atom is 0.407 e. The van der Waals surface area contributed by atoms with Crippen LogP contribution in [0.2, 0.25) is 0 Å². The van der Waals surface area contributed by atoms with Crippen molar-refractivity contribution in [3.8, 4) is 11.1 Å². The molecule has 35 heavy (non-hydrogen) atoms. The van der Waals surface area contributed by atoms with Gasteiger partial charge in [-0.1, -0.05) is 78.4 Å². The Kier molecular flexibility index (Phi) is 7.15. The van der Waals surface area contributed by atoms with Crippen LogP contribution < -0.4 is 10.6 Å². The van der Waals surface area contributed by atoms with Gasteiger partial charge in [-0.05, 0) is 41.7 Å². The Morgan fingerprint density at radius 1 is 0.886 bits per heavy atom. The molecule has 1 aliphatic rings. The molecule has 4 rings (SSSR count). The van der Waals surface area contributed by atoms with Crippen LogP contribution in [0.3, 0.4) is 0 Å². The second-order valence-corrected chi connectivity index (χ2v) is 8.76. The third-order valence-electron chi connectivity index (χ3n) is 6.27. The van der Waals surface area contributed by atoms with Crippen LogP contribution in [-0.4, -0.2) is 35.7 Å². The summed E-state index contributed by atoms with van der Waals surface area (Å²) in [6.07, 6.45) is -1.40. The molecule has 180 valence electrons. The van der Waals surface area contributed by atoms with Gasteiger partial charge in [-0.2, -0.15) is 0 Å². The number of nitrogens with one attached hydrogen (secondary N) is 2. The normalized spacial score (nSPS) is 13.8. The lowest BCUT2D eigenvalue weighted by Crippen LogP contribution is -2.48. The molecule has 2 amide bonds. The largest absolute Gasteiger partial charge is 0.481 e. The molecule has 0 heterocycles. The molecule has 0 fully saturated rings. The summed E-state index contributed by atoms with van der Waals surface area (Å²) < 4.78 is 5.48. The standard InChI is InChI=1S/C28H28N2O5/c1-17-11-13-19(14-12-17)18(2)29-27(33)25(15-26(31)32)30-28(34)35-16-24-22-9-5-3-7-20(22)21-8-4-6-10-23(21)24/h3-14,18,24-25H,15-16H2,1-2H3,(H,29,33)(H,30,34)(H,31,32)/t18-,25?/m1/s1. The Labute approximate surface area is 204 Å². The fraction of sp³-hybridized carbons (Fsp3) is 0.250. The van der Waals surface area contributed by atoms with Gasteiger partial charge < -0.3 is 20.5 Å². The predicted octanol–water partition coefficient (Wildman–Crippen LogP) is 4.55. The van der Waals surface area contributed by atoms with Gasteiger partial charge in [0, 0.05) is 5.92 Å². The van der Waals surface area contributed by atoms with Gasteiger partial charge in [0.2, 0.25) is 5.91 Å². The van der Waals surface area contributed by atoms with Crippen LogP contribution in [0.5, 0.6) is 0 Å². The van der Waals surface area contributed by atoms with E-state index in [1.165, 1.54) is 0 Å². The first-order valence-corrected chi connectivity index (χ1v) is 11.5. The summed E-state index contributed by atoms with van der Waals surface area (Å²) in [5.41, 5.74) is 6.30. The van der Waals surface area contributed by atoms with E-state index in [1.807, 2.05) is 79.7 Å². The minimum Gasteiger partial charge on any atom is -0.481 e. The summed E-state index contributed by atoms with van der Waals surface area (Å²) in [7, 11) is 0. The number of carbonyl (C=O) groups is 3. The zero-order valence-electron chi connectivity index (χ0n) is 19.7. The SMILES string of the molecule is Cc1ccc([C@@H](C)NC(=O)C(CC(=O)O)NC(=O)OCC2c3ccccc3-c3ccccc32)cc1. The monoisotopic (exact) mass is 472 g/mol. The molecule has 0 saturated carbocycles. The predicted molar refractivity (Wildman–Crippen MR) is 132 cm³/mol. The van der Waals surface area contributed by atoms with E-state index in [4.69, 9.17) is 4.74 Å². The molecule has 0 radical (unpaired) electrons. The van der Waals surface area contributed by atoms with E-state index in [0.717, 1.165) is 33.4 Å². The third kappa shape index (κ3) is 5.51. The molecule has 0 spiro atoms. The van der Waals surface area contributed by atoms with Crippen molar-refractivity contribution in [3.63, 3.8) is 0 Å². The molecule has 3 aromatic carbocycles. The lowest BCUT2D eigenvalue weighted by atomic mass is 9.98. The van der Waals surface area contributed by atoms with E-state index >= 15 is 0 Å². The highest BCUT2D eigenvalue weighted by Crippen LogP contribution is 2.44. The maximum atomic E-state index is 12.8. The molecule has 1 unspecified atom stereocenters. The fourth-order valence-corrected chi connectivity index (χ4v) is 4.42. The van der Waals surface area contributed by atoms with Gasteiger partial charge in [-0.3, -0.25) is 9.59 Å². The number of amides is 2. The Bertz CT molecular complexity index is 1190. The Morgan fingerprint density at radius 3 is 2.03 bits per heavy atom. The molecule has 0 saturated heterocycles. The highest BCUT2D eigenvalue weighted by atomic mass is 16.5. The van der Waals surface area contributed by atoms with Crippen molar-refractivity contribution in [2.75, 3.05) is 6.61 Å². The molecular weight excluding hydrogens is 444 g/mol. The van der Waals surface area contributed by atoms with Gasteiger partial charge in [-0.15, -0.1) is 0 Å². The summed E-state index contributed by atoms with van der Waals surface area (Å²) in [6.45, 7) is 3.84. The van der Waals surface area contributed by atoms with E-state index in [1.54, 1.807) is 6.92 Å². The number of carboxylic acids is 1. The highest BCUT2D eigenvalue weighted by Gasteiger charge is 2.30. The van der Waals surface area contributed by atoms with Gasteiger partial charge in [0.25, 0.3) is 0 Å². The van der Waals surface area contributed by atoms with Crippen LogP contribution in [0, 0.1) is 6.92 Å². The highest BCUT2D eigenvalue weighted by molar-refractivity contribution is 5.89. The molecule has 3 aromatic rings. The first-order chi connectivity index (χ1) is 16.8. The Hall–Kier alpha value is -4.13. The van der Waals surface area contributed by atoms with Crippen LogP contribution in [-0.2, 0) is 14.3 Å². The Morgan fingerprint density at radius 2 is 1.46 bits per heavy atom. The second kappa shape index (κ2) is 10.4. The van der Waals surface area contributed by atoms with E-state index < -0.39 is 30.4 Å².